The molecule has 7 N–H and O–H groups in total. The van der Waals surface area contributed by atoms with Gasteiger partial charge in [-0.1, -0.05) is 0 Å². The Bertz CT molecular complexity index is 31.5. The Morgan fingerprint density at radius 1 is 1.25 bits per heavy atom. The molecule has 0 bridgehead atoms. The molecule has 0 aromatic rings. The zero-order valence-electron chi connectivity index (χ0n) is 3.60. The summed E-state index contributed by atoms with van der Waals surface area (Å²) < 4.78 is 0. The van der Waals surface area contributed by atoms with Gasteiger partial charge in [-0.15, -0.1) is 0 Å². The Labute approximate surface area is 58.4 Å². The van der Waals surface area contributed by atoms with Gasteiger partial charge >= 0.3 is 0 Å². The number of carboxylic acid groups (broad SMARTS) is 2. The first-order valence-corrected chi connectivity index (χ1v) is 0.632. The van der Waals surface area contributed by atoms with Crippen molar-refractivity contribution in [2.45, 2.75) is 0 Å². The summed E-state index contributed by atoms with van der Waals surface area (Å²) >= 11 is 0. The smallest absolute Gasteiger partial charge is 0.249 e. The molecule has 0 unspecified atom stereocenters. The van der Waals surface area contributed by atoms with Gasteiger partial charge in [-0.3, -0.25) is 0 Å². The zero-order chi connectivity index (χ0) is 3.58. The Morgan fingerprint density at radius 3 is 1.25 bits per heavy atom. The summed E-state index contributed by atoms with van der Waals surface area (Å²) in [6, 6.07) is 0. The molecule has 0 fully saturated rings. The third-order valence-electron chi connectivity index (χ3n) is 0. The summed E-state index contributed by atoms with van der Waals surface area (Å²) in [6.07, 6.45) is -2.08. The quantitative estimate of drug-likeness (QED) is 0.491. The average Bonchev–Trinajstić information content (AvgIpc) is 0.811. The van der Waals surface area contributed by atoms with Gasteiger partial charge in [0, 0.05) is 20.1 Å². The maximum atomic E-state index is 8.44. The Kier molecular flexibility index (Phi) is 168. The molecule has 0 aromatic heterocycles. The number of rotatable bonds is 0. The minimum Gasteiger partial charge on any atom is -0.565 e. The van der Waals surface area contributed by atoms with Gasteiger partial charge in [0.2, 0.25) is 6.16 Å². The van der Waals surface area contributed by atoms with Gasteiger partial charge in [0.1, 0.15) is 0 Å². The van der Waals surface area contributed by atoms with Crippen molar-refractivity contribution >= 4 is 6.16 Å². The van der Waals surface area contributed by atoms with E-state index in [9.17, 15) is 0 Å². The van der Waals surface area contributed by atoms with Crippen LogP contribution in [0.25, 0.3) is 0 Å². The van der Waals surface area contributed by atoms with Crippen molar-refractivity contribution in [3.05, 3.63) is 0 Å². The van der Waals surface area contributed by atoms with E-state index < -0.39 is 6.16 Å². The molecular formula is CH7IrO6-. The molecule has 0 rings (SSSR count). The molecule has 0 amide bonds. The Hall–Kier alpha value is -0.201. The minimum absolute atomic E-state index is 0. The molecule has 0 atom stereocenters. The van der Waals surface area contributed by atoms with Gasteiger partial charge in [-0.05, 0) is 0 Å². The molecule has 0 aliphatic rings. The van der Waals surface area contributed by atoms with E-state index in [0.717, 1.165) is 0 Å². The van der Waals surface area contributed by atoms with E-state index in [0.29, 0.717) is 0 Å². The van der Waals surface area contributed by atoms with Crippen LogP contribution in [0.3, 0.4) is 0 Å². The normalized spacial score (nSPS) is 3.00. The summed E-state index contributed by atoms with van der Waals surface area (Å²) in [7, 11) is 0. The van der Waals surface area contributed by atoms with Crippen molar-refractivity contribution in [1.82, 2.24) is 0 Å². The van der Waals surface area contributed by atoms with Crippen LogP contribution in [-0.4, -0.2) is 27.7 Å². The van der Waals surface area contributed by atoms with Gasteiger partial charge in [0.15, 0.2) is 0 Å². The molecular weight excluding hydrogens is 300 g/mol. The van der Waals surface area contributed by atoms with Crippen LogP contribution in [-0.2, 0) is 20.1 Å². The molecule has 6 nitrogen and oxygen atoms in total. The fourth-order valence-electron chi connectivity index (χ4n) is 0. The third-order valence-corrected chi connectivity index (χ3v) is 0. The topological polar surface area (TPSA) is 155 Å². The molecule has 7 heteroatoms. The van der Waals surface area contributed by atoms with Crippen molar-refractivity contribution in [3.63, 3.8) is 0 Å². The van der Waals surface area contributed by atoms with Gasteiger partial charge in [-0.2, -0.15) is 0 Å². The van der Waals surface area contributed by atoms with Crippen LogP contribution >= 0.6 is 0 Å². The van der Waals surface area contributed by atoms with Crippen LogP contribution in [0.1, 0.15) is 0 Å². The largest absolute Gasteiger partial charge is 0.565 e. The number of carbonyl (C=O) groups is 1. The molecule has 0 aliphatic heterocycles. The standard InChI is InChI=1S/CH2O3.Ir.3H2O/c2-1(3)4;;;;/h(H2,2,3,4);;3*1H2/p-1. The van der Waals surface area contributed by atoms with Crippen molar-refractivity contribution < 1.29 is 51.5 Å². The molecule has 0 heterocycles. The van der Waals surface area contributed by atoms with Crippen LogP contribution in [0, 0.1) is 0 Å². The van der Waals surface area contributed by atoms with Gasteiger partial charge in [0.05, 0.1) is 0 Å². The molecule has 0 saturated carbocycles. The summed E-state index contributed by atoms with van der Waals surface area (Å²) in [5.41, 5.74) is 0. The molecule has 0 aliphatic carbocycles. The van der Waals surface area contributed by atoms with Gasteiger partial charge < -0.3 is 31.4 Å². The second-order valence-corrected chi connectivity index (χ2v) is 0.266. The molecule has 57 valence electrons. The molecule has 1 radical (unpaired) electrons. The first kappa shape index (κ1) is 46.0. The Morgan fingerprint density at radius 2 is 1.25 bits per heavy atom. The van der Waals surface area contributed by atoms with Gasteiger partial charge in [0.25, 0.3) is 0 Å². The third kappa shape index (κ3) is 3320. The zero-order valence-corrected chi connectivity index (χ0v) is 5.99. The van der Waals surface area contributed by atoms with Crippen molar-refractivity contribution in [2.75, 3.05) is 0 Å². The van der Waals surface area contributed by atoms with E-state index in [1.54, 1.807) is 0 Å². The maximum absolute atomic E-state index is 8.44. The summed E-state index contributed by atoms with van der Waals surface area (Å²) in [4.78, 5) is 8.44. The van der Waals surface area contributed by atoms with E-state index in [2.05, 4.69) is 0 Å². The summed E-state index contributed by atoms with van der Waals surface area (Å²) in [5.74, 6) is 0. The van der Waals surface area contributed by atoms with Gasteiger partial charge in [-0.25, -0.2) is 0 Å². The summed E-state index contributed by atoms with van der Waals surface area (Å²) in [6.45, 7) is 0. The van der Waals surface area contributed by atoms with E-state index in [1.807, 2.05) is 0 Å². The molecule has 0 aromatic carbocycles. The second-order valence-electron chi connectivity index (χ2n) is 0.266. The van der Waals surface area contributed by atoms with Crippen LogP contribution in [0.2, 0.25) is 0 Å². The summed E-state index contributed by atoms with van der Waals surface area (Å²) in [5, 5.41) is 15.3. The molecule has 0 saturated heterocycles. The predicted octanol–water partition coefficient (Wildman–Crippen LogP) is -3.59. The number of hydrogen-bond acceptors (Lipinski definition) is 2. The second kappa shape index (κ2) is 29.2. The van der Waals surface area contributed by atoms with Crippen LogP contribution in [0.15, 0.2) is 0 Å². The maximum Gasteiger partial charge on any atom is 0.249 e. The van der Waals surface area contributed by atoms with Crippen LogP contribution in [0.4, 0.5) is 4.79 Å². The fraction of sp³-hybridized carbons (Fsp3) is 0. The van der Waals surface area contributed by atoms with E-state index in [-0.39, 0.29) is 36.5 Å². The predicted molar refractivity (Wildman–Crippen MR) is 18.9 cm³/mol. The number of hydrogen-bond donors (Lipinski definition) is 1. The SMILES string of the molecule is O.O.O.O=C([O-])O.[Ir]. The average molecular weight is 307 g/mol. The van der Waals surface area contributed by atoms with Crippen molar-refractivity contribution in [3.8, 4) is 0 Å². The van der Waals surface area contributed by atoms with E-state index >= 15 is 0 Å². The van der Waals surface area contributed by atoms with Crippen LogP contribution < -0.4 is 5.11 Å². The fourth-order valence-corrected chi connectivity index (χ4v) is 0. The Balaban J connectivity index is -0.00000000750. The molecule has 8 heavy (non-hydrogen) atoms. The molecule has 0 spiro atoms. The first-order chi connectivity index (χ1) is 1.73. The minimum atomic E-state index is -2.08. The first-order valence-electron chi connectivity index (χ1n) is 0.632. The van der Waals surface area contributed by atoms with Crippen molar-refractivity contribution in [1.29, 1.82) is 0 Å². The van der Waals surface area contributed by atoms with E-state index in [4.69, 9.17) is 15.0 Å². The van der Waals surface area contributed by atoms with E-state index in [1.165, 1.54) is 0 Å². The van der Waals surface area contributed by atoms with Crippen molar-refractivity contribution in [2.24, 2.45) is 0 Å². The monoisotopic (exact) mass is 308 g/mol. The van der Waals surface area contributed by atoms with Crippen LogP contribution in [0.5, 0.6) is 0 Å².